The lowest BCUT2D eigenvalue weighted by molar-refractivity contribution is 1.07. The number of hydrogen-bond acceptors (Lipinski definition) is 3. The number of benzene rings is 1. The first-order valence-corrected chi connectivity index (χ1v) is 4.97. The number of fused-ring (bicyclic) bond motifs is 1. The lowest BCUT2D eigenvalue weighted by atomic mass is 10.1. The van der Waals surface area contributed by atoms with Crippen molar-refractivity contribution in [1.82, 2.24) is 10.2 Å². The first kappa shape index (κ1) is 9.98. The number of aromatic amines is 1. The maximum Gasteiger partial charge on any atom is 0.0924 e. The molecule has 0 aliphatic heterocycles. The molecule has 0 spiro atoms. The quantitative estimate of drug-likeness (QED) is 0.589. The molecule has 2 rings (SSSR count). The number of nitrogens with one attached hydrogen (secondary N) is 1. The third kappa shape index (κ3) is 1.80. The number of thiol groups is 1. The Morgan fingerprint density at radius 1 is 1.60 bits per heavy atom. The Morgan fingerprint density at radius 2 is 2.40 bits per heavy atom. The normalized spacial score (nSPS) is 12.0. The Bertz CT molecular complexity index is 540. The van der Waals surface area contributed by atoms with E-state index in [2.05, 4.69) is 34.5 Å². The molecule has 0 saturated carbocycles. The van der Waals surface area contributed by atoms with Crippen molar-refractivity contribution in [3.63, 3.8) is 0 Å². The highest BCUT2D eigenvalue weighted by Crippen LogP contribution is 2.23. The van der Waals surface area contributed by atoms with E-state index in [1.165, 1.54) is 0 Å². The van der Waals surface area contributed by atoms with Crippen LogP contribution < -0.4 is 0 Å². The minimum absolute atomic E-state index is 0.799. The maximum atomic E-state index is 4.34. The van der Waals surface area contributed by atoms with Gasteiger partial charge in [0, 0.05) is 22.2 Å². The summed E-state index contributed by atoms with van der Waals surface area (Å²) in [5, 5.41) is 8.21. The minimum atomic E-state index is 0.799. The van der Waals surface area contributed by atoms with E-state index in [-0.39, 0.29) is 0 Å². The second kappa shape index (κ2) is 3.90. The minimum Gasteiger partial charge on any atom is -0.282 e. The average molecular weight is 217 g/mol. The van der Waals surface area contributed by atoms with Gasteiger partial charge in [-0.05, 0) is 31.3 Å². The van der Waals surface area contributed by atoms with E-state index < -0.39 is 0 Å². The van der Waals surface area contributed by atoms with Crippen LogP contribution in [0.3, 0.4) is 0 Å². The Labute approximate surface area is 93.3 Å². The molecule has 0 saturated heterocycles. The lowest BCUT2D eigenvalue weighted by Gasteiger charge is -1.99. The van der Waals surface area contributed by atoms with Crippen LogP contribution in [-0.4, -0.2) is 16.9 Å². The second-order valence-corrected chi connectivity index (χ2v) is 3.76. The van der Waals surface area contributed by atoms with Crippen molar-refractivity contribution in [1.29, 1.82) is 0 Å². The number of aliphatic imine (C=N–C) groups is 1. The Morgan fingerprint density at radius 3 is 3.13 bits per heavy atom. The molecule has 0 aliphatic carbocycles. The van der Waals surface area contributed by atoms with E-state index in [0.29, 0.717) is 0 Å². The van der Waals surface area contributed by atoms with Crippen LogP contribution in [0.25, 0.3) is 15.8 Å². The molecule has 4 heteroatoms. The molecule has 0 radical (unpaired) electrons. The summed E-state index contributed by atoms with van der Waals surface area (Å²) in [5.74, 6) is 0. The lowest BCUT2D eigenvalue weighted by Crippen LogP contribution is -1.78. The molecule has 76 valence electrons. The molecule has 1 N–H and O–H groups in total. The summed E-state index contributed by atoms with van der Waals surface area (Å²) < 4.78 is 0. The fourth-order valence-electron chi connectivity index (χ4n) is 1.46. The molecule has 0 atom stereocenters. The number of hydrogen-bond donors (Lipinski definition) is 2. The molecule has 0 bridgehead atoms. The van der Waals surface area contributed by atoms with Crippen LogP contribution in [0, 0.1) is 6.92 Å². The summed E-state index contributed by atoms with van der Waals surface area (Å²) in [4.78, 5) is 4.49. The van der Waals surface area contributed by atoms with Crippen molar-refractivity contribution >= 4 is 35.2 Å². The van der Waals surface area contributed by atoms with Crippen molar-refractivity contribution in [2.75, 3.05) is 0 Å². The molecule has 0 unspecified atom stereocenters. The van der Waals surface area contributed by atoms with Gasteiger partial charge in [0.1, 0.15) is 0 Å². The molecule has 0 amide bonds. The maximum absolute atomic E-state index is 4.34. The number of aryl methyl sites for hydroxylation is 1. The number of nitrogens with zero attached hydrogens (tertiary/aromatic N) is 2. The zero-order valence-electron chi connectivity index (χ0n) is 8.36. The zero-order chi connectivity index (χ0) is 10.8. The molecule has 0 aliphatic rings. The molecule has 0 fully saturated rings. The fraction of sp³-hybridized carbons (Fsp3) is 0.0909. The topological polar surface area (TPSA) is 41.0 Å². The molecule has 2 aromatic rings. The van der Waals surface area contributed by atoms with Crippen LogP contribution in [0.5, 0.6) is 0 Å². The van der Waals surface area contributed by atoms with Gasteiger partial charge in [0.25, 0.3) is 0 Å². The van der Waals surface area contributed by atoms with Crippen LogP contribution in [0.1, 0.15) is 11.3 Å². The van der Waals surface area contributed by atoms with Crippen LogP contribution >= 0.6 is 12.6 Å². The first-order valence-electron chi connectivity index (χ1n) is 4.52. The highest BCUT2D eigenvalue weighted by molar-refractivity contribution is 7.90. The van der Waals surface area contributed by atoms with Gasteiger partial charge in [0.2, 0.25) is 0 Å². The third-order valence-electron chi connectivity index (χ3n) is 2.25. The summed E-state index contributed by atoms with van der Waals surface area (Å²) in [6, 6.07) is 5.96. The molecular formula is C11H11N3S. The molecular weight excluding hydrogens is 206 g/mol. The van der Waals surface area contributed by atoms with E-state index in [9.17, 15) is 0 Å². The highest BCUT2D eigenvalue weighted by Gasteiger charge is 2.03. The second-order valence-electron chi connectivity index (χ2n) is 3.28. The fourth-order valence-corrected chi connectivity index (χ4v) is 1.68. The zero-order valence-corrected chi connectivity index (χ0v) is 9.25. The van der Waals surface area contributed by atoms with Gasteiger partial charge in [0.05, 0.1) is 5.52 Å². The summed E-state index contributed by atoms with van der Waals surface area (Å²) in [7, 11) is 0. The van der Waals surface area contributed by atoms with Crippen LogP contribution in [0.15, 0.2) is 29.4 Å². The van der Waals surface area contributed by atoms with Gasteiger partial charge in [-0.3, -0.25) is 10.1 Å². The predicted octanol–water partition coefficient (Wildman–Crippen LogP) is 2.80. The van der Waals surface area contributed by atoms with Crippen LogP contribution in [0.2, 0.25) is 0 Å². The van der Waals surface area contributed by atoms with E-state index in [0.717, 1.165) is 27.1 Å². The Balaban J connectivity index is 2.59. The molecule has 15 heavy (non-hydrogen) atoms. The SMILES string of the molecule is C=N/C=C(\S)c1ccc2n[nH]c(C)c2c1. The smallest absolute Gasteiger partial charge is 0.0924 e. The van der Waals surface area contributed by atoms with Crippen LogP contribution in [-0.2, 0) is 0 Å². The monoisotopic (exact) mass is 217 g/mol. The van der Waals surface area contributed by atoms with E-state index >= 15 is 0 Å². The van der Waals surface area contributed by atoms with E-state index in [1.807, 2.05) is 25.1 Å². The van der Waals surface area contributed by atoms with Gasteiger partial charge in [0.15, 0.2) is 0 Å². The summed E-state index contributed by atoms with van der Waals surface area (Å²) in [5.41, 5.74) is 3.03. The summed E-state index contributed by atoms with van der Waals surface area (Å²) in [6.07, 6.45) is 1.62. The van der Waals surface area contributed by atoms with Gasteiger partial charge in [-0.15, -0.1) is 12.6 Å². The summed E-state index contributed by atoms with van der Waals surface area (Å²) >= 11 is 4.34. The molecule has 1 aromatic heterocycles. The van der Waals surface area contributed by atoms with Gasteiger partial charge < -0.3 is 0 Å². The highest BCUT2D eigenvalue weighted by atomic mass is 32.1. The van der Waals surface area contributed by atoms with Crippen molar-refractivity contribution in [3.05, 3.63) is 35.7 Å². The van der Waals surface area contributed by atoms with E-state index in [4.69, 9.17) is 0 Å². The van der Waals surface area contributed by atoms with Gasteiger partial charge in [-0.1, -0.05) is 6.07 Å². The number of H-pyrrole nitrogens is 1. The standard InChI is InChI=1S/C11H11N3S/c1-7-9-5-8(11(15)6-12-2)3-4-10(9)14-13-7/h3-6,15H,2H2,1H3,(H,13,14)/b11-6-. The molecule has 3 nitrogen and oxygen atoms in total. The van der Waals surface area contributed by atoms with Crippen molar-refractivity contribution in [2.45, 2.75) is 6.92 Å². The van der Waals surface area contributed by atoms with Crippen LogP contribution in [0.4, 0.5) is 0 Å². The van der Waals surface area contributed by atoms with Gasteiger partial charge >= 0.3 is 0 Å². The summed E-state index contributed by atoms with van der Waals surface area (Å²) in [6.45, 7) is 5.40. The molecule has 1 aromatic carbocycles. The van der Waals surface area contributed by atoms with Crippen molar-refractivity contribution in [3.8, 4) is 0 Å². The third-order valence-corrected chi connectivity index (χ3v) is 2.63. The number of rotatable bonds is 2. The Hall–Kier alpha value is -1.55. The molecule has 1 heterocycles. The first-order chi connectivity index (χ1) is 7.22. The Kier molecular flexibility index (Phi) is 2.60. The van der Waals surface area contributed by atoms with Gasteiger partial charge in [-0.2, -0.15) is 5.10 Å². The van der Waals surface area contributed by atoms with Crippen molar-refractivity contribution in [2.24, 2.45) is 4.99 Å². The van der Waals surface area contributed by atoms with Crippen molar-refractivity contribution < 1.29 is 0 Å². The number of aromatic nitrogens is 2. The van der Waals surface area contributed by atoms with Gasteiger partial charge in [-0.25, -0.2) is 0 Å². The average Bonchev–Trinajstić information content (AvgIpc) is 2.60. The van der Waals surface area contributed by atoms with E-state index in [1.54, 1.807) is 6.20 Å². The largest absolute Gasteiger partial charge is 0.282 e. The predicted molar refractivity (Wildman–Crippen MR) is 67.3 cm³/mol.